The molecule has 6 heteroatoms. The molecular weight excluding hydrogens is 402 g/mol. The van der Waals surface area contributed by atoms with Gasteiger partial charge in [-0.3, -0.25) is 0 Å². The lowest BCUT2D eigenvalue weighted by Gasteiger charge is -2.21. The second-order valence-electron chi connectivity index (χ2n) is 7.12. The third-order valence-corrected chi connectivity index (χ3v) is 5.63. The first-order chi connectivity index (χ1) is 14.5. The molecule has 1 aliphatic carbocycles. The van der Waals surface area contributed by atoms with Gasteiger partial charge in [0.2, 0.25) is 0 Å². The summed E-state index contributed by atoms with van der Waals surface area (Å²) in [5, 5.41) is 14.1. The van der Waals surface area contributed by atoms with Crippen molar-refractivity contribution in [2.24, 2.45) is 0 Å². The van der Waals surface area contributed by atoms with Gasteiger partial charge >= 0.3 is 6.09 Å². The lowest BCUT2D eigenvalue weighted by molar-refractivity contribution is -0.306. The highest BCUT2D eigenvalue weighted by Crippen LogP contribution is 2.44. The van der Waals surface area contributed by atoms with E-state index in [2.05, 4.69) is 17.4 Å². The predicted octanol–water partition coefficient (Wildman–Crippen LogP) is 4.06. The van der Waals surface area contributed by atoms with Crippen LogP contribution in [0.25, 0.3) is 11.1 Å². The van der Waals surface area contributed by atoms with E-state index in [4.69, 9.17) is 16.3 Å². The van der Waals surface area contributed by atoms with Crippen LogP contribution >= 0.6 is 11.6 Å². The number of hydrogen-bond donors (Lipinski definition) is 1. The van der Waals surface area contributed by atoms with E-state index >= 15 is 0 Å². The third kappa shape index (κ3) is 4.02. The van der Waals surface area contributed by atoms with Crippen molar-refractivity contribution in [1.29, 1.82) is 0 Å². The van der Waals surface area contributed by atoms with Crippen LogP contribution in [0.1, 0.15) is 35.1 Å². The van der Waals surface area contributed by atoms with Crippen LogP contribution in [0.4, 0.5) is 4.79 Å². The van der Waals surface area contributed by atoms with Crippen molar-refractivity contribution in [3.8, 4) is 11.1 Å². The van der Waals surface area contributed by atoms with Crippen molar-refractivity contribution in [3.05, 3.63) is 94.5 Å². The van der Waals surface area contributed by atoms with Gasteiger partial charge in [0.15, 0.2) is 0 Å². The van der Waals surface area contributed by atoms with Crippen molar-refractivity contribution >= 4 is 23.7 Å². The molecule has 0 saturated carbocycles. The molecular formula is C24H19ClNO4-. The van der Waals surface area contributed by atoms with Crippen molar-refractivity contribution < 1.29 is 19.4 Å². The number of aliphatic carboxylic acids is 1. The molecule has 30 heavy (non-hydrogen) atoms. The number of rotatable bonds is 6. The average Bonchev–Trinajstić information content (AvgIpc) is 3.06. The number of alkyl carbamates (subject to hydrolysis) is 1. The van der Waals surface area contributed by atoms with Crippen LogP contribution in [-0.2, 0) is 9.53 Å². The van der Waals surface area contributed by atoms with E-state index in [-0.39, 0.29) is 12.5 Å². The van der Waals surface area contributed by atoms with Crippen LogP contribution in [-0.4, -0.2) is 18.7 Å². The van der Waals surface area contributed by atoms with Gasteiger partial charge in [0.05, 0.1) is 6.04 Å². The quantitative estimate of drug-likeness (QED) is 0.652. The minimum Gasteiger partial charge on any atom is -0.550 e. The Bertz CT molecular complexity index is 1050. The molecule has 0 heterocycles. The number of amides is 1. The fraction of sp³-hybridized carbons (Fsp3) is 0.167. The van der Waals surface area contributed by atoms with Crippen LogP contribution in [0, 0.1) is 0 Å². The van der Waals surface area contributed by atoms with Crippen molar-refractivity contribution in [2.75, 3.05) is 6.61 Å². The topological polar surface area (TPSA) is 78.5 Å². The highest BCUT2D eigenvalue weighted by atomic mass is 35.5. The number of benzene rings is 3. The summed E-state index contributed by atoms with van der Waals surface area (Å²) in [6.45, 7) is 0.139. The zero-order valence-electron chi connectivity index (χ0n) is 16.0. The lowest BCUT2D eigenvalue weighted by atomic mass is 9.98. The Morgan fingerprint density at radius 3 is 2.10 bits per heavy atom. The van der Waals surface area contributed by atoms with Gasteiger partial charge in [0.25, 0.3) is 0 Å². The minimum absolute atomic E-state index is 0.0805. The lowest BCUT2D eigenvalue weighted by Crippen LogP contribution is -2.35. The summed E-state index contributed by atoms with van der Waals surface area (Å²) in [6, 6.07) is 22.0. The number of fused-ring (bicyclic) bond motifs is 3. The SMILES string of the molecule is O=C([O-])C[C@H](NC(=O)OCC1c2ccccc2-c2ccccc21)c1ccccc1Cl. The van der Waals surface area contributed by atoms with Gasteiger partial charge in [0, 0.05) is 23.3 Å². The molecule has 3 aromatic rings. The summed E-state index contributed by atoms with van der Waals surface area (Å²) < 4.78 is 5.51. The van der Waals surface area contributed by atoms with E-state index in [9.17, 15) is 14.7 Å². The number of carboxylic acid groups (broad SMARTS) is 1. The molecule has 1 N–H and O–H groups in total. The highest BCUT2D eigenvalue weighted by Gasteiger charge is 2.29. The number of nitrogens with one attached hydrogen (secondary N) is 1. The molecule has 3 aromatic carbocycles. The largest absolute Gasteiger partial charge is 0.550 e. The normalized spacial score (nSPS) is 13.2. The average molecular weight is 421 g/mol. The number of ether oxygens (including phenoxy) is 1. The first kappa shape index (κ1) is 20.0. The van der Waals surface area contributed by atoms with Crippen LogP contribution in [0.5, 0.6) is 0 Å². The summed E-state index contributed by atoms with van der Waals surface area (Å²) in [6.07, 6.45) is -1.11. The summed E-state index contributed by atoms with van der Waals surface area (Å²) in [7, 11) is 0. The molecule has 1 amide bonds. The number of carbonyl (C=O) groups is 2. The third-order valence-electron chi connectivity index (χ3n) is 5.29. The van der Waals surface area contributed by atoms with Gasteiger partial charge in [-0.15, -0.1) is 0 Å². The van der Waals surface area contributed by atoms with E-state index in [1.54, 1.807) is 24.3 Å². The van der Waals surface area contributed by atoms with E-state index < -0.39 is 24.5 Å². The Balaban J connectivity index is 1.49. The van der Waals surface area contributed by atoms with Gasteiger partial charge in [-0.2, -0.15) is 0 Å². The van der Waals surface area contributed by atoms with Crippen LogP contribution in [0.15, 0.2) is 72.8 Å². The Morgan fingerprint density at radius 1 is 0.933 bits per heavy atom. The maximum Gasteiger partial charge on any atom is 0.407 e. The Hall–Kier alpha value is -3.31. The molecule has 0 aliphatic heterocycles. The fourth-order valence-electron chi connectivity index (χ4n) is 3.95. The monoisotopic (exact) mass is 420 g/mol. The Labute approximate surface area is 179 Å². The minimum atomic E-state index is -1.29. The smallest absolute Gasteiger partial charge is 0.407 e. The molecule has 4 rings (SSSR count). The van der Waals surface area contributed by atoms with Gasteiger partial charge in [-0.05, 0) is 33.9 Å². The molecule has 0 saturated heterocycles. The molecule has 152 valence electrons. The molecule has 1 atom stereocenters. The van der Waals surface area contributed by atoms with Gasteiger partial charge in [-0.25, -0.2) is 4.79 Å². The summed E-state index contributed by atoms with van der Waals surface area (Å²) in [4.78, 5) is 23.7. The van der Waals surface area contributed by atoms with Crippen LogP contribution < -0.4 is 10.4 Å². The Kier molecular flexibility index (Phi) is 5.72. The summed E-state index contributed by atoms with van der Waals surface area (Å²) in [5.74, 6) is -1.37. The Morgan fingerprint density at radius 2 is 1.50 bits per heavy atom. The first-order valence-corrected chi connectivity index (χ1v) is 9.98. The number of carboxylic acids is 1. The molecule has 0 aromatic heterocycles. The highest BCUT2D eigenvalue weighted by molar-refractivity contribution is 6.31. The first-order valence-electron chi connectivity index (χ1n) is 9.60. The summed E-state index contributed by atoms with van der Waals surface area (Å²) >= 11 is 6.17. The second-order valence-corrected chi connectivity index (χ2v) is 7.53. The zero-order valence-corrected chi connectivity index (χ0v) is 16.8. The molecule has 1 aliphatic rings. The fourth-order valence-corrected chi connectivity index (χ4v) is 4.21. The van der Waals surface area contributed by atoms with E-state index in [1.807, 2.05) is 36.4 Å². The molecule has 0 fully saturated rings. The van der Waals surface area contributed by atoms with Crippen LogP contribution in [0.2, 0.25) is 5.02 Å². The van der Waals surface area contributed by atoms with Gasteiger partial charge in [-0.1, -0.05) is 78.3 Å². The molecule has 0 bridgehead atoms. The number of halogens is 1. The maximum absolute atomic E-state index is 12.5. The predicted molar refractivity (Wildman–Crippen MR) is 112 cm³/mol. The molecule has 0 radical (unpaired) electrons. The van der Waals surface area contributed by atoms with E-state index in [0.717, 1.165) is 22.3 Å². The second kappa shape index (κ2) is 8.59. The van der Waals surface area contributed by atoms with Crippen LogP contribution in [0.3, 0.4) is 0 Å². The van der Waals surface area contributed by atoms with Crippen molar-refractivity contribution in [1.82, 2.24) is 5.32 Å². The zero-order chi connectivity index (χ0) is 21.1. The summed E-state index contributed by atoms with van der Waals surface area (Å²) in [5.41, 5.74) is 4.96. The molecule has 5 nitrogen and oxygen atoms in total. The molecule has 0 spiro atoms. The van der Waals surface area contributed by atoms with E-state index in [1.165, 1.54) is 0 Å². The standard InChI is InChI=1S/C24H20ClNO4/c25-21-12-6-5-11-19(21)22(13-23(27)28)26-24(29)30-14-20-17-9-3-1-7-15(17)16-8-2-4-10-18(16)20/h1-12,20,22H,13-14H2,(H,26,29)(H,27,28)/p-1/t22-/m0/s1. The van der Waals surface area contributed by atoms with Crippen molar-refractivity contribution in [2.45, 2.75) is 18.4 Å². The van der Waals surface area contributed by atoms with E-state index in [0.29, 0.717) is 10.6 Å². The maximum atomic E-state index is 12.5. The van der Waals surface area contributed by atoms with Gasteiger partial charge < -0.3 is 20.0 Å². The molecule has 0 unspecified atom stereocenters. The van der Waals surface area contributed by atoms with Gasteiger partial charge in [0.1, 0.15) is 6.61 Å². The number of carbonyl (C=O) groups excluding carboxylic acids is 2. The van der Waals surface area contributed by atoms with Crippen molar-refractivity contribution in [3.63, 3.8) is 0 Å². The number of hydrogen-bond acceptors (Lipinski definition) is 4.